The number of rotatable bonds is 5. The molecule has 3 rings (SSSR count). The van der Waals surface area contributed by atoms with E-state index in [1.54, 1.807) is 0 Å². The molecule has 2 aliphatic heterocycles. The maximum Gasteiger partial charge on any atom is 0.227 e. The van der Waals surface area contributed by atoms with Crippen molar-refractivity contribution in [3.05, 3.63) is 29.8 Å². The Bertz CT molecular complexity index is 576. The van der Waals surface area contributed by atoms with Crippen LogP contribution in [0.2, 0.25) is 0 Å². The number of anilines is 1. The van der Waals surface area contributed by atoms with Crippen LogP contribution in [-0.2, 0) is 16.0 Å². The lowest BCUT2D eigenvalue weighted by Crippen LogP contribution is -2.47. The van der Waals surface area contributed by atoms with E-state index in [1.807, 2.05) is 11.0 Å². The van der Waals surface area contributed by atoms with Crippen molar-refractivity contribution in [3.63, 3.8) is 0 Å². The van der Waals surface area contributed by atoms with Crippen molar-refractivity contribution < 1.29 is 9.53 Å². The van der Waals surface area contributed by atoms with Crippen LogP contribution in [0.25, 0.3) is 0 Å². The van der Waals surface area contributed by atoms with E-state index in [2.05, 4.69) is 42.4 Å². The van der Waals surface area contributed by atoms with Crippen LogP contribution in [0.4, 0.5) is 5.69 Å². The summed E-state index contributed by atoms with van der Waals surface area (Å²) in [6.45, 7) is 8.61. The van der Waals surface area contributed by atoms with Crippen LogP contribution < -0.4 is 5.32 Å². The zero-order chi connectivity index (χ0) is 17.7. The molecule has 5 heteroatoms. The Labute approximate surface area is 151 Å². The van der Waals surface area contributed by atoms with Gasteiger partial charge in [0.2, 0.25) is 5.91 Å². The highest BCUT2D eigenvalue weighted by molar-refractivity contribution is 5.79. The maximum atomic E-state index is 12.5. The molecule has 2 heterocycles. The molecule has 0 atom stereocenters. The first-order valence-corrected chi connectivity index (χ1v) is 9.41. The fourth-order valence-electron chi connectivity index (χ4n) is 3.49. The minimum atomic E-state index is 0.238. The van der Waals surface area contributed by atoms with Gasteiger partial charge in [-0.2, -0.15) is 0 Å². The molecule has 25 heavy (non-hydrogen) atoms. The van der Waals surface area contributed by atoms with Crippen molar-refractivity contribution >= 4 is 11.6 Å². The molecule has 2 saturated heterocycles. The summed E-state index contributed by atoms with van der Waals surface area (Å²) in [5.41, 5.74) is 2.49. The molecule has 0 unspecified atom stereocenters. The molecule has 0 radical (unpaired) electrons. The van der Waals surface area contributed by atoms with Gasteiger partial charge in [-0.25, -0.2) is 0 Å². The fourth-order valence-corrected chi connectivity index (χ4v) is 3.49. The Morgan fingerprint density at radius 1 is 1.20 bits per heavy atom. The van der Waals surface area contributed by atoms with Crippen molar-refractivity contribution in [2.45, 2.75) is 26.2 Å². The van der Waals surface area contributed by atoms with Gasteiger partial charge in [0.05, 0.1) is 6.42 Å². The van der Waals surface area contributed by atoms with Gasteiger partial charge in [-0.3, -0.25) is 4.79 Å². The third-order valence-corrected chi connectivity index (χ3v) is 5.56. The number of nitrogens with zero attached hydrogens (tertiary/aromatic N) is 2. The SMILES string of the molecule is CN1CCN(C(=O)Cc2cccc(NCC3(C)CCOCC3)c2)CC1. The summed E-state index contributed by atoms with van der Waals surface area (Å²) < 4.78 is 5.47. The number of piperazine rings is 1. The molecule has 1 aromatic rings. The quantitative estimate of drug-likeness (QED) is 0.889. The van der Waals surface area contributed by atoms with Gasteiger partial charge in [-0.05, 0) is 43.0 Å². The van der Waals surface area contributed by atoms with E-state index in [4.69, 9.17) is 4.74 Å². The summed E-state index contributed by atoms with van der Waals surface area (Å²) in [4.78, 5) is 16.8. The average molecular weight is 345 g/mol. The van der Waals surface area contributed by atoms with Gasteiger partial charge < -0.3 is 19.9 Å². The lowest BCUT2D eigenvalue weighted by molar-refractivity contribution is -0.132. The van der Waals surface area contributed by atoms with E-state index in [-0.39, 0.29) is 5.91 Å². The van der Waals surface area contributed by atoms with Crippen molar-refractivity contribution in [1.29, 1.82) is 0 Å². The molecule has 0 spiro atoms. The number of carbonyl (C=O) groups is 1. The Balaban J connectivity index is 1.53. The average Bonchev–Trinajstić information content (AvgIpc) is 2.62. The number of ether oxygens (including phenoxy) is 1. The van der Waals surface area contributed by atoms with E-state index < -0.39 is 0 Å². The second kappa shape index (κ2) is 8.19. The highest BCUT2D eigenvalue weighted by atomic mass is 16.5. The summed E-state index contributed by atoms with van der Waals surface area (Å²) in [7, 11) is 2.11. The Morgan fingerprint density at radius 2 is 1.92 bits per heavy atom. The molecule has 5 nitrogen and oxygen atoms in total. The summed E-state index contributed by atoms with van der Waals surface area (Å²) in [6.07, 6.45) is 2.69. The molecule has 1 aromatic carbocycles. The van der Waals surface area contributed by atoms with Crippen LogP contribution in [0.15, 0.2) is 24.3 Å². The minimum absolute atomic E-state index is 0.238. The Hall–Kier alpha value is -1.59. The second-order valence-electron chi connectivity index (χ2n) is 7.84. The molecule has 2 fully saturated rings. The van der Waals surface area contributed by atoms with Crippen molar-refractivity contribution in [3.8, 4) is 0 Å². The van der Waals surface area contributed by atoms with Crippen LogP contribution in [0.1, 0.15) is 25.3 Å². The van der Waals surface area contributed by atoms with Crippen molar-refractivity contribution in [1.82, 2.24) is 9.80 Å². The molecular formula is C20H31N3O2. The minimum Gasteiger partial charge on any atom is -0.384 e. The molecule has 0 aliphatic carbocycles. The highest BCUT2D eigenvalue weighted by Crippen LogP contribution is 2.30. The van der Waals surface area contributed by atoms with Gasteiger partial charge >= 0.3 is 0 Å². The van der Waals surface area contributed by atoms with E-state index >= 15 is 0 Å². The Morgan fingerprint density at radius 3 is 2.64 bits per heavy atom. The number of carbonyl (C=O) groups excluding carboxylic acids is 1. The molecular weight excluding hydrogens is 314 g/mol. The van der Waals surface area contributed by atoms with Crippen molar-refractivity contribution in [2.24, 2.45) is 5.41 Å². The number of hydrogen-bond donors (Lipinski definition) is 1. The van der Waals surface area contributed by atoms with E-state index in [1.165, 1.54) is 0 Å². The first kappa shape index (κ1) is 18.2. The first-order chi connectivity index (χ1) is 12.0. The highest BCUT2D eigenvalue weighted by Gasteiger charge is 2.27. The zero-order valence-corrected chi connectivity index (χ0v) is 15.6. The number of benzene rings is 1. The largest absolute Gasteiger partial charge is 0.384 e. The lowest BCUT2D eigenvalue weighted by atomic mass is 9.82. The fraction of sp³-hybridized carbons (Fsp3) is 0.650. The molecule has 2 aliphatic rings. The van der Waals surface area contributed by atoms with E-state index in [9.17, 15) is 4.79 Å². The van der Waals surface area contributed by atoms with Crippen LogP contribution in [0.5, 0.6) is 0 Å². The molecule has 0 saturated carbocycles. The zero-order valence-electron chi connectivity index (χ0n) is 15.6. The standard InChI is InChI=1S/C20H31N3O2/c1-20(6-12-25-13-7-20)16-21-18-5-3-4-17(14-18)15-19(24)23-10-8-22(2)9-11-23/h3-5,14,21H,6-13,15-16H2,1-2H3. The van der Waals surface area contributed by atoms with Crippen LogP contribution in [0, 0.1) is 5.41 Å². The summed E-state index contributed by atoms with van der Waals surface area (Å²) in [5, 5.41) is 3.57. The summed E-state index contributed by atoms with van der Waals surface area (Å²) in [5.74, 6) is 0.238. The van der Waals surface area contributed by atoms with Gasteiger partial charge in [0.15, 0.2) is 0 Å². The predicted molar refractivity (Wildman–Crippen MR) is 101 cm³/mol. The Kier molecular flexibility index (Phi) is 5.97. The lowest BCUT2D eigenvalue weighted by Gasteiger charge is -2.34. The van der Waals surface area contributed by atoms with Gasteiger partial charge in [0.25, 0.3) is 0 Å². The molecule has 1 N–H and O–H groups in total. The van der Waals surface area contributed by atoms with Gasteiger partial charge in [-0.1, -0.05) is 19.1 Å². The molecule has 1 amide bonds. The molecule has 0 bridgehead atoms. The number of amides is 1. The second-order valence-corrected chi connectivity index (χ2v) is 7.84. The maximum absolute atomic E-state index is 12.5. The first-order valence-electron chi connectivity index (χ1n) is 9.41. The molecule has 0 aromatic heterocycles. The topological polar surface area (TPSA) is 44.8 Å². The monoisotopic (exact) mass is 345 g/mol. The van der Waals surface area contributed by atoms with Crippen molar-refractivity contribution in [2.75, 3.05) is 58.3 Å². The van der Waals surface area contributed by atoms with Crippen LogP contribution in [-0.4, -0.2) is 68.7 Å². The predicted octanol–water partition coefficient (Wildman–Crippen LogP) is 2.23. The van der Waals surface area contributed by atoms with E-state index in [0.717, 1.165) is 70.0 Å². The summed E-state index contributed by atoms with van der Waals surface area (Å²) in [6, 6.07) is 8.31. The number of likely N-dealkylation sites (N-methyl/N-ethyl adjacent to an activating group) is 1. The number of hydrogen-bond acceptors (Lipinski definition) is 4. The molecule has 138 valence electrons. The third kappa shape index (κ3) is 5.19. The third-order valence-electron chi connectivity index (χ3n) is 5.56. The normalized spacial score (nSPS) is 21.1. The van der Waals surface area contributed by atoms with Crippen LogP contribution >= 0.6 is 0 Å². The van der Waals surface area contributed by atoms with Gasteiger partial charge in [0.1, 0.15) is 0 Å². The summed E-state index contributed by atoms with van der Waals surface area (Å²) >= 11 is 0. The smallest absolute Gasteiger partial charge is 0.227 e. The van der Waals surface area contributed by atoms with Crippen LogP contribution in [0.3, 0.4) is 0 Å². The van der Waals surface area contributed by atoms with Gasteiger partial charge in [-0.15, -0.1) is 0 Å². The number of nitrogens with one attached hydrogen (secondary N) is 1. The van der Waals surface area contributed by atoms with E-state index in [0.29, 0.717) is 11.8 Å². The van der Waals surface area contributed by atoms with Gasteiger partial charge in [0, 0.05) is 51.6 Å².